The third-order valence-corrected chi connectivity index (χ3v) is 2.26. The summed E-state index contributed by atoms with van der Waals surface area (Å²) in [7, 11) is 0. The molecule has 0 aromatic heterocycles. The summed E-state index contributed by atoms with van der Waals surface area (Å²) in [5, 5.41) is 12.0. The molecule has 1 saturated heterocycles. The maximum Gasteiger partial charge on any atom is 0.308 e. The van der Waals surface area contributed by atoms with Crippen molar-refractivity contribution in [1.82, 2.24) is 5.32 Å². The fraction of sp³-hybridized carbons (Fsp3) is 0.875. The zero-order chi connectivity index (χ0) is 8.27. The maximum atomic E-state index is 10.6. The molecule has 3 heteroatoms. The van der Waals surface area contributed by atoms with Gasteiger partial charge in [-0.15, -0.1) is 0 Å². The molecule has 2 N–H and O–H groups in total. The van der Waals surface area contributed by atoms with E-state index in [1.165, 1.54) is 0 Å². The van der Waals surface area contributed by atoms with Gasteiger partial charge in [-0.25, -0.2) is 0 Å². The van der Waals surface area contributed by atoms with E-state index in [1.54, 1.807) is 0 Å². The van der Waals surface area contributed by atoms with Crippen molar-refractivity contribution in [2.45, 2.75) is 32.2 Å². The smallest absolute Gasteiger partial charge is 0.308 e. The lowest BCUT2D eigenvalue weighted by Crippen LogP contribution is -2.30. The van der Waals surface area contributed by atoms with Crippen molar-refractivity contribution in [2.24, 2.45) is 5.92 Å². The fourth-order valence-corrected chi connectivity index (χ4v) is 1.68. The van der Waals surface area contributed by atoms with Crippen LogP contribution in [0.5, 0.6) is 0 Å². The highest BCUT2D eigenvalue weighted by Crippen LogP contribution is 2.19. The topological polar surface area (TPSA) is 49.3 Å². The first-order valence-corrected chi connectivity index (χ1v) is 4.22. The Balaban J connectivity index is 2.44. The Morgan fingerprint density at radius 3 is 3.00 bits per heavy atom. The van der Waals surface area contributed by atoms with Gasteiger partial charge in [-0.1, -0.05) is 13.3 Å². The second-order valence-corrected chi connectivity index (χ2v) is 3.08. The predicted octanol–water partition coefficient (Wildman–Crippen LogP) is 0.849. The van der Waals surface area contributed by atoms with Gasteiger partial charge in [0.1, 0.15) is 0 Å². The summed E-state index contributed by atoms with van der Waals surface area (Å²) in [5.74, 6) is -0.789. The minimum atomic E-state index is -0.645. The van der Waals surface area contributed by atoms with E-state index in [2.05, 4.69) is 12.2 Å². The van der Waals surface area contributed by atoms with Crippen molar-refractivity contribution in [2.75, 3.05) is 6.54 Å². The predicted molar refractivity (Wildman–Crippen MR) is 42.4 cm³/mol. The number of carboxylic acids is 1. The summed E-state index contributed by atoms with van der Waals surface area (Å²) >= 11 is 0. The molecule has 1 heterocycles. The second kappa shape index (κ2) is 3.72. The Bertz CT molecular complexity index is 147. The van der Waals surface area contributed by atoms with Crippen molar-refractivity contribution < 1.29 is 9.90 Å². The number of nitrogens with one attached hydrogen (secondary N) is 1. The quantitative estimate of drug-likeness (QED) is 0.638. The summed E-state index contributed by atoms with van der Waals surface area (Å²) in [6, 6.07) is 0.220. The van der Waals surface area contributed by atoms with E-state index in [0.29, 0.717) is 0 Å². The molecule has 0 aromatic carbocycles. The minimum absolute atomic E-state index is 0.144. The molecule has 1 fully saturated rings. The number of rotatable bonds is 3. The third-order valence-electron chi connectivity index (χ3n) is 2.26. The Morgan fingerprint density at radius 1 is 1.73 bits per heavy atom. The first kappa shape index (κ1) is 8.53. The summed E-state index contributed by atoms with van der Waals surface area (Å²) in [5.41, 5.74) is 0. The number of hydrogen-bond acceptors (Lipinski definition) is 2. The van der Waals surface area contributed by atoms with Crippen LogP contribution in [-0.4, -0.2) is 23.7 Å². The van der Waals surface area contributed by atoms with E-state index < -0.39 is 5.97 Å². The number of aliphatic carboxylic acids is 1. The van der Waals surface area contributed by atoms with Crippen LogP contribution in [0.1, 0.15) is 26.2 Å². The van der Waals surface area contributed by atoms with Gasteiger partial charge in [0.2, 0.25) is 0 Å². The first-order valence-electron chi connectivity index (χ1n) is 4.22. The summed E-state index contributed by atoms with van der Waals surface area (Å²) in [6.07, 6.45) is 2.83. The molecule has 3 nitrogen and oxygen atoms in total. The van der Waals surface area contributed by atoms with Crippen molar-refractivity contribution in [3.05, 3.63) is 0 Å². The molecule has 0 amide bonds. The molecular weight excluding hydrogens is 142 g/mol. The van der Waals surface area contributed by atoms with Crippen LogP contribution in [0, 0.1) is 5.92 Å². The van der Waals surface area contributed by atoms with Crippen molar-refractivity contribution >= 4 is 5.97 Å². The Kier molecular flexibility index (Phi) is 2.88. The van der Waals surface area contributed by atoms with Gasteiger partial charge in [-0.05, 0) is 19.4 Å². The Morgan fingerprint density at radius 2 is 2.45 bits per heavy atom. The standard InChI is InChI=1S/C8H15NO2/c1-2-3-7-6(8(10)11)4-5-9-7/h6-7,9H,2-5H2,1H3,(H,10,11). The van der Waals surface area contributed by atoms with Crippen molar-refractivity contribution in [1.29, 1.82) is 0 Å². The summed E-state index contributed by atoms with van der Waals surface area (Å²) in [4.78, 5) is 10.6. The molecular formula is C8H15NO2. The van der Waals surface area contributed by atoms with Gasteiger partial charge >= 0.3 is 5.97 Å². The molecule has 0 aliphatic carbocycles. The van der Waals surface area contributed by atoms with Crippen molar-refractivity contribution in [3.63, 3.8) is 0 Å². The normalized spacial score (nSPS) is 30.6. The average Bonchev–Trinajstić information content (AvgIpc) is 2.36. The van der Waals surface area contributed by atoms with E-state index in [0.717, 1.165) is 25.8 Å². The molecule has 0 bridgehead atoms. The van der Waals surface area contributed by atoms with Gasteiger partial charge in [0.15, 0.2) is 0 Å². The maximum absolute atomic E-state index is 10.6. The van der Waals surface area contributed by atoms with E-state index >= 15 is 0 Å². The van der Waals surface area contributed by atoms with Gasteiger partial charge in [0, 0.05) is 6.04 Å². The molecule has 0 radical (unpaired) electrons. The number of hydrogen-bond donors (Lipinski definition) is 2. The lowest BCUT2D eigenvalue weighted by molar-refractivity contribution is -0.142. The molecule has 1 rings (SSSR count). The second-order valence-electron chi connectivity index (χ2n) is 3.08. The first-order chi connectivity index (χ1) is 5.25. The third kappa shape index (κ3) is 1.93. The Hall–Kier alpha value is -0.570. The van der Waals surface area contributed by atoms with Crippen LogP contribution < -0.4 is 5.32 Å². The zero-order valence-corrected chi connectivity index (χ0v) is 6.84. The largest absolute Gasteiger partial charge is 0.481 e. The molecule has 0 spiro atoms. The molecule has 1 aliphatic rings. The van der Waals surface area contributed by atoms with Crippen molar-refractivity contribution in [3.8, 4) is 0 Å². The van der Waals surface area contributed by atoms with Gasteiger partial charge in [-0.2, -0.15) is 0 Å². The van der Waals surface area contributed by atoms with E-state index in [9.17, 15) is 4.79 Å². The van der Waals surface area contributed by atoms with Gasteiger partial charge in [0.05, 0.1) is 5.92 Å². The minimum Gasteiger partial charge on any atom is -0.481 e. The highest BCUT2D eigenvalue weighted by atomic mass is 16.4. The zero-order valence-electron chi connectivity index (χ0n) is 6.84. The SMILES string of the molecule is CCCC1NCCC1C(=O)O. The van der Waals surface area contributed by atoms with Crippen LogP contribution in [0.15, 0.2) is 0 Å². The van der Waals surface area contributed by atoms with Crippen LogP contribution in [0.2, 0.25) is 0 Å². The van der Waals surface area contributed by atoms with Gasteiger partial charge in [0.25, 0.3) is 0 Å². The van der Waals surface area contributed by atoms with Crippen LogP contribution in [-0.2, 0) is 4.79 Å². The van der Waals surface area contributed by atoms with Crippen LogP contribution >= 0.6 is 0 Å². The molecule has 2 unspecified atom stereocenters. The molecule has 1 aliphatic heterocycles. The van der Waals surface area contributed by atoms with E-state index in [-0.39, 0.29) is 12.0 Å². The molecule has 2 atom stereocenters. The molecule has 11 heavy (non-hydrogen) atoms. The molecule has 64 valence electrons. The van der Waals surface area contributed by atoms with E-state index in [4.69, 9.17) is 5.11 Å². The summed E-state index contributed by atoms with van der Waals surface area (Å²) in [6.45, 7) is 2.94. The number of carbonyl (C=O) groups is 1. The lowest BCUT2D eigenvalue weighted by atomic mass is 9.97. The fourth-order valence-electron chi connectivity index (χ4n) is 1.68. The van der Waals surface area contributed by atoms with Crippen LogP contribution in [0.25, 0.3) is 0 Å². The number of carboxylic acid groups (broad SMARTS) is 1. The monoisotopic (exact) mass is 157 g/mol. The Labute approximate surface area is 66.8 Å². The van der Waals surface area contributed by atoms with Gasteiger partial charge < -0.3 is 10.4 Å². The van der Waals surface area contributed by atoms with Gasteiger partial charge in [-0.3, -0.25) is 4.79 Å². The highest BCUT2D eigenvalue weighted by molar-refractivity contribution is 5.71. The van der Waals surface area contributed by atoms with Crippen LogP contribution in [0.3, 0.4) is 0 Å². The lowest BCUT2D eigenvalue weighted by Gasteiger charge is -2.13. The van der Waals surface area contributed by atoms with Crippen LogP contribution in [0.4, 0.5) is 0 Å². The van der Waals surface area contributed by atoms with E-state index in [1.807, 2.05) is 0 Å². The average molecular weight is 157 g/mol. The highest BCUT2D eigenvalue weighted by Gasteiger charge is 2.31. The molecule has 0 saturated carbocycles. The summed E-state index contributed by atoms with van der Waals surface area (Å²) < 4.78 is 0. The molecule has 0 aromatic rings.